The van der Waals surface area contributed by atoms with Crippen molar-refractivity contribution in [3.05, 3.63) is 89.2 Å². The molecule has 0 saturated carbocycles. The Morgan fingerprint density at radius 1 is 1.06 bits per heavy atom. The molecule has 3 aromatic rings. The molecule has 34 heavy (non-hydrogen) atoms. The molecule has 0 radical (unpaired) electrons. The van der Waals surface area contributed by atoms with E-state index in [1.165, 1.54) is 0 Å². The smallest absolute Gasteiger partial charge is 0.253 e. The molecule has 0 spiro atoms. The van der Waals surface area contributed by atoms with Gasteiger partial charge in [-0.15, -0.1) is 0 Å². The van der Waals surface area contributed by atoms with Gasteiger partial charge in [0.15, 0.2) is 0 Å². The zero-order valence-corrected chi connectivity index (χ0v) is 19.7. The molecule has 1 aliphatic heterocycles. The third-order valence-electron chi connectivity index (χ3n) is 6.27. The van der Waals surface area contributed by atoms with Gasteiger partial charge in [-0.1, -0.05) is 23.8 Å². The summed E-state index contributed by atoms with van der Waals surface area (Å²) in [5.74, 6) is 0.460. The van der Waals surface area contributed by atoms with E-state index in [0.717, 1.165) is 16.7 Å². The predicted octanol–water partition coefficient (Wildman–Crippen LogP) is 3.58. The number of methoxy groups -OCH3 is 2. The predicted molar refractivity (Wildman–Crippen MR) is 129 cm³/mol. The zero-order valence-electron chi connectivity index (χ0n) is 19.7. The van der Waals surface area contributed by atoms with E-state index in [1.54, 1.807) is 31.5 Å². The maximum atomic E-state index is 13.4. The van der Waals surface area contributed by atoms with Crippen LogP contribution in [-0.4, -0.2) is 49.0 Å². The van der Waals surface area contributed by atoms with Crippen LogP contribution in [0.4, 0.5) is 0 Å². The molecule has 1 N–H and O–H groups in total. The van der Waals surface area contributed by atoms with Crippen molar-refractivity contribution in [3.8, 4) is 11.5 Å². The van der Waals surface area contributed by atoms with Crippen molar-refractivity contribution in [2.45, 2.75) is 19.4 Å². The number of nitrogens with one attached hydrogen (secondary N) is 1. The number of rotatable bonds is 7. The lowest BCUT2D eigenvalue weighted by atomic mass is 9.87. The molecule has 2 heterocycles. The van der Waals surface area contributed by atoms with E-state index in [1.807, 2.05) is 61.5 Å². The molecule has 2 amide bonds. The van der Waals surface area contributed by atoms with E-state index in [9.17, 15) is 9.59 Å². The van der Waals surface area contributed by atoms with Gasteiger partial charge in [0.2, 0.25) is 5.91 Å². The summed E-state index contributed by atoms with van der Waals surface area (Å²) in [6.07, 6.45) is 3.42. The van der Waals surface area contributed by atoms with Crippen LogP contribution in [0.5, 0.6) is 11.5 Å². The van der Waals surface area contributed by atoms with Crippen LogP contribution in [0, 0.1) is 12.8 Å². The minimum atomic E-state index is -0.438. The van der Waals surface area contributed by atoms with E-state index in [2.05, 4.69) is 10.3 Å². The molecule has 0 unspecified atom stereocenters. The first-order valence-electron chi connectivity index (χ1n) is 11.2. The van der Waals surface area contributed by atoms with E-state index in [4.69, 9.17) is 9.47 Å². The molecule has 1 aliphatic rings. The number of aromatic nitrogens is 1. The summed E-state index contributed by atoms with van der Waals surface area (Å²) in [6.45, 7) is 3.08. The van der Waals surface area contributed by atoms with Crippen LogP contribution >= 0.6 is 0 Å². The SMILES string of the molecule is COc1ccc(OC)c([C@H]2CN(C(=O)c3ccc(C)cc3)C[C@@H]2C(=O)NCc2cccnc2)c1. The summed E-state index contributed by atoms with van der Waals surface area (Å²) >= 11 is 0. The monoisotopic (exact) mass is 459 g/mol. The Hall–Kier alpha value is -3.87. The minimum absolute atomic E-state index is 0.0885. The van der Waals surface area contributed by atoms with Crippen LogP contribution in [-0.2, 0) is 11.3 Å². The molecule has 2 aromatic carbocycles. The van der Waals surface area contributed by atoms with Gasteiger partial charge in [0.05, 0.1) is 20.1 Å². The Morgan fingerprint density at radius 2 is 1.85 bits per heavy atom. The van der Waals surface area contributed by atoms with Crippen LogP contribution in [0.2, 0.25) is 0 Å². The largest absolute Gasteiger partial charge is 0.497 e. The highest BCUT2D eigenvalue weighted by Crippen LogP contribution is 2.40. The van der Waals surface area contributed by atoms with Crippen LogP contribution in [0.15, 0.2) is 67.0 Å². The van der Waals surface area contributed by atoms with E-state index in [0.29, 0.717) is 36.7 Å². The molecule has 7 nitrogen and oxygen atoms in total. The number of nitrogens with zero attached hydrogens (tertiary/aromatic N) is 2. The molecular weight excluding hydrogens is 430 g/mol. The summed E-state index contributed by atoms with van der Waals surface area (Å²) in [7, 11) is 3.21. The van der Waals surface area contributed by atoms with Crippen molar-refractivity contribution >= 4 is 11.8 Å². The summed E-state index contributed by atoms with van der Waals surface area (Å²) in [6, 6.07) is 16.8. The molecule has 0 aliphatic carbocycles. The molecule has 176 valence electrons. The van der Waals surface area contributed by atoms with Crippen molar-refractivity contribution in [1.29, 1.82) is 0 Å². The maximum absolute atomic E-state index is 13.4. The highest BCUT2D eigenvalue weighted by Gasteiger charge is 2.41. The second kappa shape index (κ2) is 10.4. The number of amides is 2. The van der Waals surface area contributed by atoms with E-state index in [-0.39, 0.29) is 17.7 Å². The minimum Gasteiger partial charge on any atom is -0.497 e. The fraction of sp³-hybridized carbons (Fsp3) is 0.296. The second-order valence-electron chi connectivity index (χ2n) is 8.48. The van der Waals surface area contributed by atoms with Gasteiger partial charge in [-0.3, -0.25) is 14.6 Å². The highest BCUT2D eigenvalue weighted by atomic mass is 16.5. The van der Waals surface area contributed by atoms with Crippen LogP contribution in [0.25, 0.3) is 0 Å². The number of hydrogen-bond acceptors (Lipinski definition) is 5. The molecule has 1 fully saturated rings. The van der Waals surface area contributed by atoms with Crippen molar-refractivity contribution in [2.75, 3.05) is 27.3 Å². The van der Waals surface area contributed by atoms with Gasteiger partial charge >= 0.3 is 0 Å². The topological polar surface area (TPSA) is 80.8 Å². The third-order valence-corrected chi connectivity index (χ3v) is 6.27. The van der Waals surface area contributed by atoms with Gasteiger partial charge in [-0.25, -0.2) is 0 Å². The second-order valence-corrected chi connectivity index (χ2v) is 8.48. The molecule has 1 aromatic heterocycles. The van der Waals surface area contributed by atoms with E-state index >= 15 is 0 Å². The van der Waals surface area contributed by atoms with E-state index < -0.39 is 5.92 Å². The number of carbonyl (C=O) groups excluding carboxylic acids is 2. The number of aryl methyl sites for hydroxylation is 1. The van der Waals surface area contributed by atoms with Crippen molar-refractivity contribution in [2.24, 2.45) is 5.92 Å². The van der Waals surface area contributed by atoms with Gasteiger partial charge in [0, 0.05) is 49.1 Å². The summed E-state index contributed by atoms with van der Waals surface area (Å²) in [4.78, 5) is 32.5. The Labute approximate surface area is 199 Å². The van der Waals surface area contributed by atoms with Crippen LogP contribution < -0.4 is 14.8 Å². The quantitative estimate of drug-likeness (QED) is 0.584. The Morgan fingerprint density at radius 3 is 2.53 bits per heavy atom. The lowest BCUT2D eigenvalue weighted by molar-refractivity contribution is -0.125. The Bertz CT molecular complexity index is 1150. The molecule has 0 bridgehead atoms. The number of ether oxygens (including phenoxy) is 2. The summed E-state index contributed by atoms with van der Waals surface area (Å²) in [5, 5.41) is 3.02. The molecule has 4 rings (SSSR count). The fourth-order valence-electron chi connectivity index (χ4n) is 4.38. The average Bonchev–Trinajstić information content (AvgIpc) is 3.33. The molecule has 1 saturated heterocycles. The number of benzene rings is 2. The number of carbonyl (C=O) groups is 2. The highest BCUT2D eigenvalue weighted by molar-refractivity contribution is 5.95. The first-order valence-corrected chi connectivity index (χ1v) is 11.2. The van der Waals surface area contributed by atoms with Crippen molar-refractivity contribution in [3.63, 3.8) is 0 Å². The van der Waals surface area contributed by atoms with Crippen molar-refractivity contribution < 1.29 is 19.1 Å². The van der Waals surface area contributed by atoms with Crippen LogP contribution in [0.1, 0.15) is 33.0 Å². The van der Waals surface area contributed by atoms with Gasteiger partial charge in [0.25, 0.3) is 5.91 Å². The standard InChI is InChI=1S/C27H29N3O4/c1-18-6-8-20(9-7-18)27(32)30-16-23(22-13-21(33-2)10-11-25(22)34-3)24(17-30)26(31)29-15-19-5-4-12-28-14-19/h4-14,23-24H,15-17H2,1-3H3,(H,29,31)/t23-,24+/m1/s1. The average molecular weight is 460 g/mol. The molecule has 2 atom stereocenters. The lowest BCUT2D eigenvalue weighted by Gasteiger charge is -2.21. The Kier molecular flexibility index (Phi) is 7.11. The van der Waals surface area contributed by atoms with Gasteiger partial charge in [-0.05, 0) is 48.9 Å². The van der Waals surface area contributed by atoms with Gasteiger partial charge < -0.3 is 19.7 Å². The summed E-state index contributed by atoms with van der Waals surface area (Å²) < 4.78 is 11.0. The zero-order chi connectivity index (χ0) is 24.1. The van der Waals surface area contributed by atoms with Crippen LogP contribution in [0.3, 0.4) is 0 Å². The normalized spacial score (nSPS) is 17.3. The molecule has 7 heteroatoms. The van der Waals surface area contributed by atoms with Gasteiger partial charge in [-0.2, -0.15) is 0 Å². The first-order chi connectivity index (χ1) is 16.5. The third kappa shape index (κ3) is 5.03. The lowest BCUT2D eigenvalue weighted by Crippen LogP contribution is -2.35. The fourth-order valence-corrected chi connectivity index (χ4v) is 4.38. The Balaban J connectivity index is 1.62. The van der Waals surface area contributed by atoms with Crippen molar-refractivity contribution in [1.82, 2.24) is 15.2 Å². The van der Waals surface area contributed by atoms with Gasteiger partial charge in [0.1, 0.15) is 11.5 Å². The summed E-state index contributed by atoms with van der Waals surface area (Å²) in [5.41, 5.74) is 3.46. The number of likely N-dealkylation sites (tertiary alicyclic amines) is 1. The maximum Gasteiger partial charge on any atom is 0.253 e. The first kappa shape index (κ1) is 23.3. The number of hydrogen-bond donors (Lipinski definition) is 1. The number of pyridine rings is 1. The molecular formula is C27H29N3O4.